The normalized spacial score (nSPS) is 12.9. The van der Waals surface area contributed by atoms with E-state index in [1.807, 2.05) is 32.0 Å². The third-order valence-corrected chi connectivity index (χ3v) is 4.96. The van der Waals surface area contributed by atoms with Gasteiger partial charge in [0.05, 0.1) is 11.6 Å². The lowest BCUT2D eigenvalue weighted by Crippen LogP contribution is -2.34. The zero-order chi connectivity index (χ0) is 19.4. The number of aryl methyl sites for hydroxylation is 2. The Labute approximate surface area is 161 Å². The summed E-state index contributed by atoms with van der Waals surface area (Å²) in [6.07, 6.45) is 2.30. The van der Waals surface area contributed by atoms with Crippen molar-refractivity contribution in [2.75, 3.05) is 41.3 Å². The van der Waals surface area contributed by atoms with E-state index in [2.05, 4.69) is 35.0 Å². The summed E-state index contributed by atoms with van der Waals surface area (Å²) in [6.45, 7) is 12.0. The molecule has 6 heteroatoms. The van der Waals surface area contributed by atoms with E-state index in [0.29, 0.717) is 5.56 Å². The molecule has 0 radical (unpaired) electrons. The molecule has 0 spiro atoms. The van der Waals surface area contributed by atoms with E-state index in [9.17, 15) is 0 Å². The van der Waals surface area contributed by atoms with Gasteiger partial charge < -0.3 is 15.1 Å². The van der Waals surface area contributed by atoms with Gasteiger partial charge in [0.2, 0.25) is 0 Å². The molecule has 2 heterocycles. The minimum atomic E-state index is 0.683. The van der Waals surface area contributed by atoms with Crippen LogP contribution >= 0.6 is 0 Å². The SMILES string of the molecule is CCCCN(CC)c1nc(C)nc2c1NCCN2c1ccc(C#N)cc1C. The molecule has 2 aromatic rings. The highest BCUT2D eigenvalue weighted by Crippen LogP contribution is 2.39. The smallest absolute Gasteiger partial charge is 0.162 e. The van der Waals surface area contributed by atoms with Gasteiger partial charge in [0.1, 0.15) is 11.5 Å². The van der Waals surface area contributed by atoms with Gasteiger partial charge in [0, 0.05) is 31.9 Å². The predicted molar refractivity (Wildman–Crippen MR) is 111 cm³/mol. The average molecular weight is 364 g/mol. The lowest BCUT2D eigenvalue weighted by molar-refractivity contribution is 0.719. The molecule has 3 rings (SSSR count). The van der Waals surface area contributed by atoms with Crippen LogP contribution in [0.25, 0.3) is 0 Å². The Hall–Kier alpha value is -2.81. The van der Waals surface area contributed by atoms with Crippen molar-refractivity contribution in [3.63, 3.8) is 0 Å². The van der Waals surface area contributed by atoms with E-state index in [-0.39, 0.29) is 0 Å². The Morgan fingerprint density at radius 1 is 1.26 bits per heavy atom. The molecule has 0 fully saturated rings. The Morgan fingerprint density at radius 3 is 2.74 bits per heavy atom. The largest absolute Gasteiger partial charge is 0.377 e. The minimum absolute atomic E-state index is 0.683. The zero-order valence-electron chi connectivity index (χ0n) is 16.7. The molecular formula is C21H28N6. The number of hydrogen-bond acceptors (Lipinski definition) is 6. The molecule has 6 nitrogen and oxygen atoms in total. The van der Waals surface area contributed by atoms with Gasteiger partial charge in [-0.1, -0.05) is 13.3 Å². The summed E-state index contributed by atoms with van der Waals surface area (Å²) in [5, 5.41) is 12.7. The standard InChI is InChI=1S/C21H28N6/c1-5-7-11-26(6-2)20-19-21(25-16(4)24-20)27(12-10-23-19)18-9-8-17(14-22)13-15(18)3/h8-9,13,23H,5-7,10-12H2,1-4H3. The van der Waals surface area contributed by atoms with Gasteiger partial charge in [-0.2, -0.15) is 5.26 Å². The Bertz CT molecular complexity index is 854. The van der Waals surface area contributed by atoms with E-state index in [1.165, 1.54) is 0 Å². The molecule has 142 valence electrons. The van der Waals surface area contributed by atoms with Crippen molar-refractivity contribution < 1.29 is 0 Å². The lowest BCUT2D eigenvalue weighted by atomic mass is 10.1. The van der Waals surface area contributed by atoms with E-state index < -0.39 is 0 Å². The number of rotatable bonds is 6. The summed E-state index contributed by atoms with van der Waals surface area (Å²) >= 11 is 0. The van der Waals surface area contributed by atoms with E-state index in [0.717, 1.165) is 73.4 Å². The molecule has 0 saturated carbocycles. The highest BCUT2D eigenvalue weighted by molar-refractivity contribution is 5.84. The number of anilines is 4. The molecule has 0 bridgehead atoms. The lowest BCUT2D eigenvalue weighted by Gasteiger charge is -2.35. The maximum atomic E-state index is 9.15. The van der Waals surface area contributed by atoms with Gasteiger partial charge in [-0.05, 0) is 51.0 Å². The van der Waals surface area contributed by atoms with Crippen LogP contribution in [0.4, 0.5) is 23.0 Å². The number of fused-ring (bicyclic) bond motifs is 1. The summed E-state index contributed by atoms with van der Waals surface area (Å²) in [7, 11) is 0. The fourth-order valence-electron chi connectivity index (χ4n) is 3.55. The van der Waals surface area contributed by atoms with E-state index in [4.69, 9.17) is 15.2 Å². The summed E-state index contributed by atoms with van der Waals surface area (Å²) in [6, 6.07) is 8.05. The average Bonchev–Trinajstić information content (AvgIpc) is 2.68. The fourth-order valence-corrected chi connectivity index (χ4v) is 3.55. The summed E-state index contributed by atoms with van der Waals surface area (Å²) in [4.78, 5) is 14.1. The Balaban J connectivity index is 2.07. The van der Waals surface area contributed by atoms with Crippen molar-refractivity contribution >= 4 is 23.0 Å². The van der Waals surface area contributed by atoms with E-state index >= 15 is 0 Å². The second kappa shape index (κ2) is 8.26. The molecule has 1 aromatic heterocycles. The quantitative estimate of drug-likeness (QED) is 0.830. The van der Waals surface area contributed by atoms with Crippen molar-refractivity contribution in [1.29, 1.82) is 5.26 Å². The molecule has 0 atom stereocenters. The first kappa shape index (κ1) is 19.0. The molecule has 1 aliphatic rings. The van der Waals surface area contributed by atoms with Crippen molar-refractivity contribution in [2.24, 2.45) is 0 Å². The highest BCUT2D eigenvalue weighted by Gasteiger charge is 2.26. The number of unbranched alkanes of at least 4 members (excludes halogenated alkanes) is 1. The Morgan fingerprint density at radius 2 is 2.07 bits per heavy atom. The van der Waals surface area contributed by atoms with Crippen molar-refractivity contribution in [1.82, 2.24) is 9.97 Å². The number of aromatic nitrogens is 2. The van der Waals surface area contributed by atoms with Crippen LogP contribution in [0, 0.1) is 25.2 Å². The molecule has 0 amide bonds. The van der Waals surface area contributed by atoms with Crippen LogP contribution in [0.15, 0.2) is 18.2 Å². The third-order valence-electron chi connectivity index (χ3n) is 4.96. The summed E-state index contributed by atoms with van der Waals surface area (Å²) in [5.74, 6) is 2.69. The predicted octanol–water partition coefficient (Wildman–Crippen LogP) is 4.16. The maximum Gasteiger partial charge on any atom is 0.162 e. The van der Waals surface area contributed by atoms with Crippen molar-refractivity contribution in [3.8, 4) is 6.07 Å². The molecule has 0 unspecified atom stereocenters. The van der Waals surface area contributed by atoms with Crippen LogP contribution in [0.5, 0.6) is 0 Å². The number of nitriles is 1. The summed E-state index contributed by atoms with van der Waals surface area (Å²) in [5.41, 5.74) is 3.87. The van der Waals surface area contributed by atoms with Crippen LogP contribution in [-0.2, 0) is 0 Å². The van der Waals surface area contributed by atoms with Gasteiger partial charge in [-0.3, -0.25) is 0 Å². The van der Waals surface area contributed by atoms with Crippen LogP contribution in [0.3, 0.4) is 0 Å². The third kappa shape index (κ3) is 3.82. The van der Waals surface area contributed by atoms with Crippen LogP contribution in [0.1, 0.15) is 43.6 Å². The molecule has 1 aromatic carbocycles. The maximum absolute atomic E-state index is 9.15. The van der Waals surface area contributed by atoms with Crippen LogP contribution < -0.4 is 15.1 Å². The first-order valence-electron chi connectivity index (χ1n) is 9.74. The Kier molecular flexibility index (Phi) is 5.80. The van der Waals surface area contributed by atoms with Gasteiger partial charge in [0.25, 0.3) is 0 Å². The number of nitrogens with one attached hydrogen (secondary N) is 1. The van der Waals surface area contributed by atoms with Crippen molar-refractivity contribution in [2.45, 2.75) is 40.5 Å². The van der Waals surface area contributed by atoms with Gasteiger partial charge >= 0.3 is 0 Å². The number of nitrogens with zero attached hydrogens (tertiary/aromatic N) is 5. The highest BCUT2D eigenvalue weighted by atomic mass is 15.3. The first-order chi connectivity index (χ1) is 13.1. The first-order valence-corrected chi connectivity index (χ1v) is 9.74. The monoisotopic (exact) mass is 364 g/mol. The molecule has 1 N–H and O–H groups in total. The second-order valence-corrected chi connectivity index (χ2v) is 6.92. The molecule has 1 aliphatic heterocycles. The van der Waals surface area contributed by atoms with Crippen LogP contribution in [-0.4, -0.2) is 36.1 Å². The molecule has 27 heavy (non-hydrogen) atoms. The van der Waals surface area contributed by atoms with E-state index in [1.54, 1.807) is 0 Å². The van der Waals surface area contributed by atoms with Crippen molar-refractivity contribution in [3.05, 3.63) is 35.2 Å². The van der Waals surface area contributed by atoms with Gasteiger partial charge in [0.15, 0.2) is 11.6 Å². The molecular weight excluding hydrogens is 336 g/mol. The molecule has 0 aliphatic carbocycles. The number of benzene rings is 1. The zero-order valence-corrected chi connectivity index (χ0v) is 16.7. The van der Waals surface area contributed by atoms with Gasteiger partial charge in [-0.25, -0.2) is 9.97 Å². The molecule has 0 saturated heterocycles. The second-order valence-electron chi connectivity index (χ2n) is 6.92. The fraction of sp³-hybridized carbons (Fsp3) is 0.476. The topological polar surface area (TPSA) is 68.1 Å². The summed E-state index contributed by atoms with van der Waals surface area (Å²) < 4.78 is 0. The minimum Gasteiger partial charge on any atom is -0.377 e. The number of hydrogen-bond donors (Lipinski definition) is 1. The van der Waals surface area contributed by atoms with Gasteiger partial charge in [-0.15, -0.1) is 0 Å². The van der Waals surface area contributed by atoms with Crippen LogP contribution in [0.2, 0.25) is 0 Å².